The standard InChI is InChI=1S/C3H5N3O2/c4-6-2-1-5-3(7)8/h2,5H,1H2,(H,7,8). The Hall–Kier alpha value is -1.35. The molecule has 5 nitrogen and oxygen atoms in total. The Morgan fingerprint density at radius 3 is 3.00 bits per heavy atom. The van der Waals surface area contributed by atoms with Gasteiger partial charge in [-0.25, -0.2) is 4.79 Å². The molecule has 0 aliphatic carbocycles. The van der Waals surface area contributed by atoms with E-state index in [0.29, 0.717) is 0 Å². The summed E-state index contributed by atoms with van der Waals surface area (Å²) < 4.78 is 0. The van der Waals surface area contributed by atoms with Crippen LogP contribution in [0.15, 0.2) is 0 Å². The van der Waals surface area contributed by atoms with E-state index in [-0.39, 0.29) is 6.54 Å². The minimum Gasteiger partial charge on any atom is -0.465 e. The summed E-state index contributed by atoms with van der Waals surface area (Å²) in [5, 5.41) is 9.84. The van der Waals surface area contributed by atoms with Crippen molar-refractivity contribution in [2.24, 2.45) is 0 Å². The van der Waals surface area contributed by atoms with Crippen molar-refractivity contribution in [3.63, 3.8) is 0 Å². The fourth-order valence-electron chi connectivity index (χ4n) is 0.174. The highest BCUT2D eigenvalue weighted by molar-refractivity contribution is 5.68. The molecule has 0 atom stereocenters. The highest BCUT2D eigenvalue weighted by Crippen LogP contribution is 1.53. The lowest BCUT2D eigenvalue weighted by molar-refractivity contribution is 0.00162. The summed E-state index contributed by atoms with van der Waals surface area (Å²) in [5.41, 5.74) is 7.72. The van der Waals surface area contributed by atoms with Gasteiger partial charge in [0.05, 0.1) is 0 Å². The van der Waals surface area contributed by atoms with Crippen molar-refractivity contribution in [1.29, 1.82) is 0 Å². The molecule has 0 spiro atoms. The van der Waals surface area contributed by atoms with Crippen LogP contribution in [0.3, 0.4) is 0 Å². The van der Waals surface area contributed by atoms with E-state index in [9.17, 15) is 4.79 Å². The highest BCUT2D eigenvalue weighted by Gasteiger charge is 1.89. The maximum atomic E-state index is 9.62. The van der Waals surface area contributed by atoms with Crippen LogP contribution in [-0.4, -0.2) is 28.7 Å². The van der Waals surface area contributed by atoms with Crippen molar-refractivity contribution < 1.29 is 14.7 Å². The smallest absolute Gasteiger partial charge is 0.405 e. The van der Waals surface area contributed by atoms with Gasteiger partial charge >= 0.3 is 6.09 Å². The van der Waals surface area contributed by atoms with Gasteiger partial charge in [0.15, 0.2) is 0 Å². The fourth-order valence-corrected chi connectivity index (χ4v) is 0.174. The molecule has 0 aromatic carbocycles. The third-order valence-corrected chi connectivity index (χ3v) is 0.426. The maximum Gasteiger partial charge on any atom is 0.405 e. The van der Waals surface area contributed by atoms with Crippen molar-refractivity contribution in [2.45, 2.75) is 0 Å². The summed E-state index contributed by atoms with van der Waals surface area (Å²) in [6, 6.07) is 0. The van der Waals surface area contributed by atoms with Crippen LogP contribution in [0.25, 0.3) is 5.53 Å². The second kappa shape index (κ2) is 3.83. The van der Waals surface area contributed by atoms with Gasteiger partial charge in [0.1, 0.15) is 6.54 Å². The number of carbonyl (C=O) groups is 1. The van der Waals surface area contributed by atoms with Gasteiger partial charge in [-0.1, -0.05) is 0 Å². The second-order valence-corrected chi connectivity index (χ2v) is 0.984. The minimum atomic E-state index is -1.13. The van der Waals surface area contributed by atoms with E-state index >= 15 is 0 Å². The fraction of sp³-hybridized carbons (Fsp3) is 0.333. The number of rotatable bonds is 2. The lowest BCUT2D eigenvalue weighted by atomic mass is 10.7. The Bertz CT molecular complexity index is 124. The highest BCUT2D eigenvalue weighted by atomic mass is 16.4. The molecule has 0 fully saturated rings. The number of nitrogens with one attached hydrogen (secondary N) is 1. The van der Waals surface area contributed by atoms with E-state index in [0.717, 1.165) is 6.21 Å². The topological polar surface area (TPSA) is 85.7 Å². The van der Waals surface area contributed by atoms with E-state index in [1.807, 2.05) is 5.32 Å². The summed E-state index contributed by atoms with van der Waals surface area (Å²) in [7, 11) is 0. The van der Waals surface area contributed by atoms with E-state index in [4.69, 9.17) is 10.6 Å². The third kappa shape index (κ3) is 4.65. The largest absolute Gasteiger partial charge is 0.465 e. The molecule has 0 radical (unpaired) electrons. The monoisotopic (exact) mass is 115 g/mol. The van der Waals surface area contributed by atoms with Crippen molar-refractivity contribution in [3.8, 4) is 0 Å². The van der Waals surface area contributed by atoms with Crippen molar-refractivity contribution >= 4 is 12.3 Å². The average molecular weight is 115 g/mol. The van der Waals surface area contributed by atoms with Gasteiger partial charge in [-0.15, -0.1) is 0 Å². The third-order valence-electron chi connectivity index (χ3n) is 0.426. The molecule has 5 heteroatoms. The Morgan fingerprint density at radius 1 is 2.00 bits per heavy atom. The van der Waals surface area contributed by atoms with Gasteiger partial charge in [0, 0.05) is 0 Å². The molecule has 0 saturated heterocycles. The van der Waals surface area contributed by atoms with Crippen LogP contribution >= 0.6 is 0 Å². The molecule has 0 aliphatic rings. The number of carboxylic acid groups (broad SMARTS) is 1. The van der Waals surface area contributed by atoms with Gasteiger partial charge in [0.2, 0.25) is 0 Å². The summed E-state index contributed by atoms with van der Waals surface area (Å²) >= 11 is 0. The maximum absolute atomic E-state index is 9.62. The summed E-state index contributed by atoms with van der Waals surface area (Å²) in [4.78, 5) is 12.2. The molecule has 2 N–H and O–H groups in total. The van der Waals surface area contributed by atoms with Gasteiger partial charge in [-0.2, -0.15) is 4.79 Å². The average Bonchev–Trinajstić information content (AvgIpc) is 1.66. The first-order valence-corrected chi connectivity index (χ1v) is 1.90. The Balaban J connectivity index is 3.18. The first kappa shape index (κ1) is 6.65. The van der Waals surface area contributed by atoms with E-state index in [2.05, 4.69) is 4.79 Å². The SMILES string of the molecule is [N-]=[N+]=CCNC(=O)O. The zero-order valence-electron chi connectivity index (χ0n) is 4.03. The quantitative estimate of drug-likeness (QED) is 0.290. The van der Waals surface area contributed by atoms with Crippen LogP contribution in [0.4, 0.5) is 4.79 Å². The first-order chi connectivity index (χ1) is 3.77. The summed E-state index contributed by atoms with van der Waals surface area (Å²) in [6.45, 7) is 0.0336. The number of hydrogen-bond acceptors (Lipinski definition) is 1. The molecule has 0 heterocycles. The van der Waals surface area contributed by atoms with Crippen LogP contribution in [-0.2, 0) is 0 Å². The molecule has 8 heavy (non-hydrogen) atoms. The van der Waals surface area contributed by atoms with Crippen LogP contribution in [0, 0.1) is 0 Å². The van der Waals surface area contributed by atoms with E-state index in [1.165, 1.54) is 0 Å². The Labute approximate surface area is 45.6 Å². The molecule has 1 amide bonds. The molecule has 0 aromatic rings. The normalized spacial score (nSPS) is 7.00. The predicted octanol–water partition coefficient (Wildman–Crippen LogP) is -0.445. The summed E-state index contributed by atoms with van der Waals surface area (Å²) in [6.07, 6.45) is -0.0985. The molecule has 0 aliphatic heterocycles. The Kier molecular flexibility index (Phi) is 3.18. The van der Waals surface area contributed by atoms with Crippen LogP contribution < -0.4 is 5.32 Å². The molecular weight excluding hydrogens is 110 g/mol. The minimum absolute atomic E-state index is 0.0336. The zero-order chi connectivity index (χ0) is 6.41. The number of nitrogens with zero attached hydrogens (tertiary/aromatic N) is 2. The van der Waals surface area contributed by atoms with Crippen LogP contribution in [0.5, 0.6) is 0 Å². The van der Waals surface area contributed by atoms with Crippen LogP contribution in [0.2, 0.25) is 0 Å². The van der Waals surface area contributed by atoms with Gasteiger partial charge in [-0.3, -0.25) is 0 Å². The molecular formula is C3H5N3O2. The molecule has 0 aromatic heterocycles. The van der Waals surface area contributed by atoms with Crippen molar-refractivity contribution in [2.75, 3.05) is 6.54 Å². The second-order valence-electron chi connectivity index (χ2n) is 0.984. The first-order valence-electron chi connectivity index (χ1n) is 1.90. The summed E-state index contributed by atoms with van der Waals surface area (Å²) in [5.74, 6) is 0. The molecule has 0 rings (SSSR count). The Morgan fingerprint density at radius 2 is 2.62 bits per heavy atom. The van der Waals surface area contributed by atoms with Gasteiger partial charge in [-0.05, 0) is 0 Å². The molecule has 0 bridgehead atoms. The van der Waals surface area contributed by atoms with Crippen molar-refractivity contribution in [1.82, 2.24) is 5.32 Å². The molecule has 0 unspecified atom stereocenters. The lowest BCUT2D eigenvalue weighted by Crippen LogP contribution is -2.22. The van der Waals surface area contributed by atoms with Crippen molar-refractivity contribution in [3.05, 3.63) is 5.53 Å². The van der Waals surface area contributed by atoms with Gasteiger partial charge < -0.3 is 16.0 Å². The van der Waals surface area contributed by atoms with Crippen LogP contribution in [0.1, 0.15) is 0 Å². The molecule has 44 valence electrons. The van der Waals surface area contributed by atoms with E-state index < -0.39 is 6.09 Å². The zero-order valence-corrected chi connectivity index (χ0v) is 4.03. The van der Waals surface area contributed by atoms with E-state index in [1.54, 1.807) is 0 Å². The number of amides is 1. The lowest BCUT2D eigenvalue weighted by Gasteiger charge is -1.85. The van der Waals surface area contributed by atoms with Gasteiger partial charge in [0.25, 0.3) is 6.21 Å². The number of hydrogen-bond donors (Lipinski definition) is 2. The predicted molar refractivity (Wildman–Crippen MR) is 25.7 cm³/mol. The molecule has 0 saturated carbocycles.